The maximum Gasteiger partial charge on any atom is 0.256 e. The molecule has 200 valence electrons. The summed E-state index contributed by atoms with van der Waals surface area (Å²) in [6.07, 6.45) is 0.747. The summed E-state index contributed by atoms with van der Waals surface area (Å²) >= 11 is 0. The Bertz CT molecular complexity index is 1790. The van der Waals surface area contributed by atoms with Crippen molar-refractivity contribution in [1.29, 1.82) is 0 Å². The van der Waals surface area contributed by atoms with Crippen LogP contribution in [-0.2, 0) is 6.42 Å². The molecular formula is C37H30N2O2. The molecule has 0 spiro atoms. The van der Waals surface area contributed by atoms with E-state index in [1.807, 2.05) is 111 Å². The van der Waals surface area contributed by atoms with Gasteiger partial charge in [0.15, 0.2) is 0 Å². The molecule has 0 aliphatic heterocycles. The molecule has 0 fully saturated rings. The van der Waals surface area contributed by atoms with Gasteiger partial charge in [-0.3, -0.25) is 9.59 Å². The topological polar surface area (TPSA) is 58.2 Å². The Morgan fingerprint density at radius 1 is 0.512 bits per heavy atom. The second-order valence-electron chi connectivity index (χ2n) is 10.4. The summed E-state index contributed by atoms with van der Waals surface area (Å²) in [5, 5.41) is 10.1. The molecule has 6 rings (SSSR count). The number of amides is 2. The third kappa shape index (κ3) is 5.45. The fourth-order valence-electron chi connectivity index (χ4n) is 5.41. The van der Waals surface area contributed by atoms with Gasteiger partial charge in [-0.1, -0.05) is 97.1 Å². The highest BCUT2D eigenvalue weighted by Gasteiger charge is 2.13. The van der Waals surface area contributed by atoms with Crippen LogP contribution in [0.15, 0.2) is 121 Å². The molecule has 4 nitrogen and oxygen atoms in total. The number of carbonyl (C=O) groups excluding carboxylic acids is 2. The van der Waals surface area contributed by atoms with Crippen LogP contribution in [0, 0.1) is 13.8 Å². The van der Waals surface area contributed by atoms with Crippen molar-refractivity contribution in [3.63, 3.8) is 0 Å². The molecule has 6 aromatic rings. The van der Waals surface area contributed by atoms with Gasteiger partial charge in [-0.25, -0.2) is 0 Å². The van der Waals surface area contributed by atoms with Crippen LogP contribution in [0.4, 0.5) is 11.4 Å². The van der Waals surface area contributed by atoms with Crippen LogP contribution >= 0.6 is 0 Å². The van der Waals surface area contributed by atoms with E-state index in [4.69, 9.17) is 0 Å². The van der Waals surface area contributed by atoms with Gasteiger partial charge in [0.2, 0.25) is 0 Å². The van der Waals surface area contributed by atoms with Crippen molar-refractivity contribution in [2.24, 2.45) is 0 Å². The lowest BCUT2D eigenvalue weighted by molar-refractivity contribution is 0.102. The van der Waals surface area contributed by atoms with Crippen LogP contribution < -0.4 is 10.6 Å². The van der Waals surface area contributed by atoms with E-state index in [0.717, 1.165) is 61.6 Å². The maximum absolute atomic E-state index is 13.1. The third-order valence-corrected chi connectivity index (χ3v) is 7.55. The predicted molar refractivity (Wildman–Crippen MR) is 169 cm³/mol. The quantitative estimate of drug-likeness (QED) is 0.225. The number of hydrogen-bond acceptors (Lipinski definition) is 2. The van der Waals surface area contributed by atoms with Crippen molar-refractivity contribution in [2.75, 3.05) is 10.6 Å². The molecule has 0 aliphatic rings. The summed E-state index contributed by atoms with van der Waals surface area (Å²) in [6, 6.07) is 39.7. The molecule has 41 heavy (non-hydrogen) atoms. The van der Waals surface area contributed by atoms with E-state index < -0.39 is 0 Å². The molecule has 0 unspecified atom stereocenters. The largest absolute Gasteiger partial charge is 0.322 e. The first kappa shape index (κ1) is 26.0. The summed E-state index contributed by atoms with van der Waals surface area (Å²) in [5.74, 6) is -0.233. The van der Waals surface area contributed by atoms with Crippen molar-refractivity contribution in [2.45, 2.75) is 20.3 Å². The zero-order valence-corrected chi connectivity index (χ0v) is 23.1. The van der Waals surface area contributed by atoms with E-state index >= 15 is 0 Å². The Kier molecular flexibility index (Phi) is 7.05. The number of hydrogen-bond donors (Lipinski definition) is 2. The van der Waals surface area contributed by atoms with Gasteiger partial charge >= 0.3 is 0 Å². The SMILES string of the molecule is Cc1cc(Cc2ccc(NC(=O)c3cccc4ccccc34)c(C)c2)ccc1NC(=O)c1cccc2ccccc12. The molecular weight excluding hydrogens is 504 g/mol. The van der Waals surface area contributed by atoms with Crippen molar-refractivity contribution < 1.29 is 9.59 Å². The first-order valence-electron chi connectivity index (χ1n) is 13.7. The van der Waals surface area contributed by atoms with E-state index in [2.05, 4.69) is 34.9 Å². The molecule has 0 saturated carbocycles. The minimum Gasteiger partial charge on any atom is -0.322 e. The van der Waals surface area contributed by atoms with Crippen LogP contribution in [-0.4, -0.2) is 11.8 Å². The van der Waals surface area contributed by atoms with Crippen LogP contribution in [0.3, 0.4) is 0 Å². The van der Waals surface area contributed by atoms with Crippen molar-refractivity contribution in [3.8, 4) is 0 Å². The second kappa shape index (κ2) is 11.1. The van der Waals surface area contributed by atoms with Crippen molar-refractivity contribution >= 4 is 44.7 Å². The molecule has 0 aromatic heterocycles. The van der Waals surface area contributed by atoms with Gasteiger partial charge in [-0.05, 0) is 88.3 Å². The van der Waals surface area contributed by atoms with Gasteiger partial charge < -0.3 is 10.6 Å². The summed E-state index contributed by atoms with van der Waals surface area (Å²) in [7, 11) is 0. The number of anilines is 2. The monoisotopic (exact) mass is 534 g/mol. The Labute approximate surface area is 239 Å². The number of carbonyl (C=O) groups is 2. The molecule has 0 bridgehead atoms. The molecule has 6 aromatic carbocycles. The summed E-state index contributed by atoms with van der Waals surface area (Å²) in [6.45, 7) is 4.03. The molecule has 2 amide bonds. The lowest BCUT2D eigenvalue weighted by Gasteiger charge is -2.13. The van der Waals surface area contributed by atoms with Gasteiger partial charge in [0.1, 0.15) is 0 Å². The molecule has 4 heteroatoms. The molecule has 0 radical (unpaired) electrons. The highest BCUT2D eigenvalue weighted by atomic mass is 16.2. The fraction of sp³-hybridized carbons (Fsp3) is 0.0811. The number of rotatable bonds is 6. The van der Waals surface area contributed by atoms with Gasteiger partial charge in [0.25, 0.3) is 11.8 Å². The number of nitrogens with one attached hydrogen (secondary N) is 2. The van der Waals surface area contributed by atoms with Crippen LogP contribution in [0.25, 0.3) is 21.5 Å². The van der Waals surface area contributed by atoms with Gasteiger partial charge in [0, 0.05) is 22.5 Å². The maximum atomic E-state index is 13.1. The first-order valence-corrected chi connectivity index (χ1v) is 13.7. The van der Waals surface area contributed by atoms with Crippen molar-refractivity contribution in [1.82, 2.24) is 0 Å². The summed E-state index contributed by atoms with van der Waals surface area (Å²) in [5.41, 5.74) is 7.24. The molecule has 0 saturated heterocycles. The third-order valence-electron chi connectivity index (χ3n) is 7.55. The zero-order valence-electron chi connectivity index (χ0n) is 23.1. The van der Waals surface area contributed by atoms with E-state index in [0.29, 0.717) is 11.1 Å². The number of fused-ring (bicyclic) bond motifs is 2. The van der Waals surface area contributed by atoms with Crippen LogP contribution in [0.5, 0.6) is 0 Å². The molecule has 0 aliphatic carbocycles. The average molecular weight is 535 g/mol. The molecule has 0 atom stereocenters. The van der Waals surface area contributed by atoms with E-state index in [9.17, 15) is 9.59 Å². The van der Waals surface area contributed by atoms with Crippen molar-refractivity contribution in [3.05, 3.63) is 155 Å². The number of benzene rings is 6. The minimum atomic E-state index is -0.116. The lowest BCUT2D eigenvalue weighted by Crippen LogP contribution is -2.13. The lowest BCUT2D eigenvalue weighted by atomic mass is 9.99. The summed E-state index contributed by atoms with van der Waals surface area (Å²) in [4.78, 5) is 26.2. The normalized spacial score (nSPS) is 11.0. The number of aryl methyl sites for hydroxylation is 2. The Balaban J connectivity index is 1.15. The highest BCUT2D eigenvalue weighted by molar-refractivity contribution is 6.14. The van der Waals surface area contributed by atoms with E-state index in [1.54, 1.807) is 0 Å². The molecule has 2 N–H and O–H groups in total. The van der Waals surface area contributed by atoms with Crippen LogP contribution in [0.1, 0.15) is 43.0 Å². The predicted octanol–water partition coefficient (Wildman–Crippen LogP) is 8.71. The smallest absolute Gasteiger partial charge is 0.256 e. The minimum absolute atomic E-state index is 0.116. The summed E-state index contributed by atoms with van der Waals surface area (Å²) < 4.78 is 0. The first-order chi connectivity index (χ1) is 20.0. The van der Waals surface area contributed by atoms with Gasteiger partial charge in [0.05, 0.1) is 0 Å². The van der Waals surface area contributed by atoms with Gasteiger partial charge in [-0.15, -0.1) is 0 Å². The Morgan fingerprint density at radius 2 is 0.927 bits per heavy atom. The fourth-order valence-corrected chi connectivity index (χ4v) is 5.41. The second-order valence-corrected chi connectivity index (χ2v) is 10.4. The highest BCUT2D eigenvalue weighted by Crippen LogP contribution is 2.25. The standard InChI is InChI=1S/C37H30N2O2/c1-24-21-26(17-19-34(24)38-36(40)32-15-7-11-28-9-3-5-13-30(28)32)23-27-18-20-35(25(2)22-27)39-37(41)33-16-8-12-29-10-4-6-14-31(29)33/h3-22H,23H2,1-2H3,(H,38,40)(H,39,41). The van der Waals surface area contributed by atoms with Crippen LogP contribution in [0.2, 0.25) is 0 Å². The Hall–Kier alpha value is -5.22. The molecule has 0 heterocycles. The van der Waals surface area contributed by atoms with E-state index in [1.165, 1.54) is 0 Å². The van der Waals surface area contributed by atoms with Gasteiger partial charge in [-0.2, -0.15) is 0 Å². The zero-order chi connectivity index (χ0) is 28.3. The Morgan fingerprint density at radius 3 is 1.37 bits per heavy atom. The van der Waals surface area contributed by atoms with E-state index in [-0.39, 0.29) is 11.8 Å². The average Bonchev–Trinajstić information content (AvgIpc) is 2.99.